The highest BCUT2D eigenvalue weighted by Crippen LogP contribution is 2.33. The highest BCUT2D eigenvalue weighted by molar-refractivity contribution is 7.98. The molecule has 0 saturated heterocycles. The summed E-state index contributed by atoms with van der Waals surface area (Å²) in [5.41, 5.74) is 1.43. The number of rotatable bonds is 6. The molecular formula is C19H16N6O4S2. The van der Waals surface area contributed by atoms with Crippen LogP contribution in [0.2, 0.25) is 0 Å². The maximum Gasteiger partial charge on any atom is 0.277 e. The van der Waals surface area contributed by atoms with Crippen molar-refractivity contribution in [3.05, 3.63) is 45.8 Å². The van der Waals surface area contributed by atoms with Gasteiger partial charge in [-0.2, -0.15) is 0 Å². The van der Waals surface area contributed by atoms with Crippen molar-refractivity contribution in [3.8, 4) is 23.0 Å². The maximum atomic E-state index is 12.5. The number of aryl methyl sites for hydroxylation is 1. The fourth-order valence-corrected chi connectivity index (χ4v) is 4.75. The number of ether oxygens (including phenoxy) is 2. The molecule has 0 radical (unpaired) electrons. The molecule has 0 aliphatic heterocycles. The lowest BCUT2D eigenvalue weighted by Crippen LogP contribution is -2.19. The third-order valence-corrected chi connectivity index (χ3v) is 6.47. The summed E-state index contributed by atoms with van der Waals surface area (Å²) < 4.78 is 20.4. The number of aromatic nitrogens is 6. The molecule has 158 valence electrons. The average Bonchev–Trinajstić information content (AvgIpc) is 3.54. The van der Waals surface area contributed by atoms with Crippen molar-refractivity contribution in [2.24, 2.45) is 7.05 Å². The van der Waals surface area contributed by atoms with Crippen molar-refractivity contribution in [2.45, 2.75) is 11.0 Å². The molecule has 5 rings (SSSR count). The summed E-state index contributed by atoms with van der Waals surface area (Å²) in [6.45, 7) is 0. The monoisotopic (exact) mass is 456 g/mol. The molecule has 0 aliphatic carbocycles. The molecule has 0 aliphatic rings. The molecule has 0 N–H and O–H groups in total. The Morgan fingerprint density at radius 1 is 1.10 bits per heavy atom. The Bertz CT molecular complexity index is 1470. The van der Waals surface area contributed by atoms with E-state index in [0.29, 0.717) is 44.7 Å². The number of nitrogens with zero attached hydrogens (tertiary/aromatic N) is 6. The molecule has 10 nitrogen and oxygen atoms in total. The highest BCUT2D eigenvalue weighted by atomic mass is 32.2. The average molecular weight is 457 g/mol. The van der Waals surface area contributed by atoms with Gasteiger partial charge in [-0.3, -0.25) is 13.8 Å². The number of thioether (sulfide) groups is 1. The van der Waals surface area contributed by atoms with Crippen LogP contribution in [0.4, 0.5) is 0 Å². The minimum atomic E-state index is -0.0828. The number of benzene rings is 1. The molecule has 1 aromatic carbocycles. The molecule has 0 amide bonds. The molecule has 0 fully saturated rings. The van der Waals surface area contributed by atoms with Crippen LogP contribution in [0.25, 0.3) is 27.4 Å². The molecule has 0 bridgehead atoms. The minimum absolute atomic E-state index is 0.0828. The summed E-state index contributed by atoms with van der Waals surface area (Å²) >= 11 is 2.74. The third kappa shape index (κ3) is 3.24. The first-order valence-corrected chi connectivity index (χ1v) is 11.0. The van der Waals surface area contributed by atoms with Gasteiger partial charge >= 0.3 is 0 Å². The lowest BCUT2D eigenvalue weighted by molar-refractivity contribution is 0.355. The molecular weight excluding hydrogens is 440 g/mol. The van der Waals surface area contributed by atoms with E-state index in [-0.39, 0.29) is 5.56 Å². The predicted molar refractivity (Wildman–Crippen MR) is 116 cm³/mol. The summed E-state index contributed by atoms with van der Waals surface area (Å²) in [5, 5.41) is 19.0. The first-order valence-electron chi connectivity index (χ1n) is 9.09. The van der Waals surface area contributed by atoms with E-state index in [2.05, 4.69) is 20.4 Å². The zero-order chi connectivity index (χ0) is 21.5. The van der Waals surface area contributed by atoms with Crippen molar-refractivity contribution >= 4 is 39.1 Å². The zero-order valence-electron chi connectivity index (χ0n) is 16.7. The molecule has 0 unspecified atom stereocenters. The van der Waals surface area contributed by atoms with Gasteiger partial charge in [0.2, 0.25) is 11.7 Å². The summed E-state index contributed by atoms with van der Waals surface area (Å²) in [7, 11) is 4.84. The smallest absolute Gasteiger partial charge is 0.277 e. The number of thiophene rings is 1. The van der Waals surface area contributed by atoms with Crippen LogP contribution in [0.5, 0.6) is 11.5 Å². The molecule has 4 heterocycles. The van der Waals surface area contributed by atoms with Gasteiger partial charge < -0.3 is 13.9 Å². The van der Waals surface area contributed by atoms with Crippen LogP contribution >= 0.6 is 23.1 Å². The summed E-state index contributed by atoms with van der Waals surface area (Å²) in [6, 6.07) is 7.28. The molecule has 0 saturated carbocycles. The van der Waals surface area contributed by atoms with Gasteiger partial charge in [-0.1, -0.05) is 11.8 Å². The largest absolute Gasteiger partial charge is 0.493 e. The van der Waals surface area contributed by atoms with Crippen LogP contribution in [0.3, 0.4) is 0 Å². The topological polar surface area (TPSA) is 110 Å². The van der Waals surface area contributed by atoms with Gasteiger partial charge in [0.1, 0.15) is 10.5 Å². The number of hydrogen-bond donors (Lipinski definition) is 0. The van der Waals surface area contributed by atoms with Gasteiger partial charge in [-0.25, -0.2) is 0 Å². The SMILES string of the molecule is COc1ccc(-c2nnc(SCc3nnc4n(C)c(=O)c5sccc5n34)o2)cc1OC. The second-order valence-electron chi connectivity index (χ2n) is 6.48. The van der Waals surface area contributed by atoms with Crippen LogP contribution in [0.15, 0.2) is 44.1 Å². The first-order chi connectivity index (χ1) is 15.1. The van der Waals surface area contributed by atoms with Gasteiger partial charge in [0.05, 0.1) is 25.5 Å². The van der Waals surface area contributed by atoms with Crippen molar-refractivity contribution < 1.29 is 13.9 Å². The summed E-state index contributed by atoms with van der Waals surface area (Å²) in [6.07, 6.45) is 0. The van der Waals surface area contributed by atoms with E-state index >= 15 is 0 Å². The van der Waals surface area contributed by atoms with E-state index in [1.165, 1.54) is 27.7 Å². The second-order valence-corrected chi connectivity index (χ2v) is 8.33. The molecule has 31 heavy (non-hydrogen) atoms. The standard InChI is InChI=1S/C19H16N6O4S2/c1-24-17(26)15-11(6-7-30-15)25-14(20-22-18(24)25)9-31-19-23-21-16(29-19)10-4-5-12(27-2)13(8-10)28-3/h4-8H,9H2,1-3H3. The Balaban J connectivity index is 1.43. The van der Waals surface area contributed by atoms with Gasteiger partial charge in [0, 0.05) is 12.6 Å². The molecule has 0 spiro atoms. The maximum absolute atomic E-state index is 12.5. The normalized spacial score (nSPS) is 11.5. The first kappa shape index (κ1) is 19.6. The third-order valence-electron chi connectivity index (χ3n) is 4.76. The molecule has 0 atom stereocenters. The summed E-state index contributed by atoms with van der Waals surface area (Å²) in [5.74, 6) is 3.18. The van der Waals surface area contributed by atoms with Crippen molar-refractivity contribution in [1.29, 1.82) is 0 Å². The predicted octanol–water partition coefficient (Wildman–Crippen LogP) is 3.00. The molecule has 5 aromatic rings. The van der Waals surface area contributed by atoms with Crippen molar-refractivity contribution in [1.82, 2.24) is 29.4 Å². The lowest BCUT2D eigenvalue weighted by Gasteiger charge is -2.07. The van der Waals surface area contributed by atoms with E-state index in [4.69, 9.17) is 13.9 Å². The van der Waals surface area contributed by atoms with E-state index in [1.54, 1.807) is 33.4 Å². The lowest BCUT2D eigenvalue weighted by atomic mass is 10.2. The van der Waals surface area contributed by atoms with Gasteiger partial charge in [0.25, 0.3) is 10.8 Å². The van der Waals surface area contributed by atoms with Gasteiger partial charge in [-0.05, 0) is 29.6 Å². The molecule has 4 aromatic heterocycles. The van der Waals surface area contributed by atoms with Gasteiger partial charge in [0.15, 0.2) is 11.5 Å². The van der Waals surface area contributed by atoms with Gasteiger partial charge in [-0.15, -0.1) is 31.7 Å². The van der Waals surface area contributed by atoms with E-state index < -0.39 is 0 Å². The minimum Gasteiger partial charge on any atom is -0.493 e. The second kappa shape index (κ2) is 7.71. The van der Waals surface area contributed by atoms with Crippen LogP contribution in [0.1, 0.15) is 5.82 Å². The van der Waals surface area contributed by atoms with Crippen molar-refractivity contribution in [3.63, 3.8) is 0 Å². The quantitative estimate of drug-likeness (QED) is 0.356. The highest BCUT2D eigenvalue weighted by Gasteiger charge is 2.17. The Kier molecular flexibility index (Phi) is 4.87. The summed E-state index contributed by atoms with van der Waals surface area (Å²) in [4.78, 5) is 12.5. The van der Waals surface area contributed by atoms with Crippen LogP contribution in [-0.2, 0) is 12.8 Å². The Labute approximate surface area is 183 Å². The fourth-order valence-electron chi connectivity index (χ4n) is 3.23. The van der Waals surface area contributed by atoms with Crippen molar-refractivity contribution in [2.75, 3.05) is 14.2 Å². The van der Waals surface area contributed by atoms with E-state index in [1.807, 2.05) is 21.9 Å². The Morgan fingerprint density at radius 3 is 2.74 bits per heavy atom. The number of methoxy groups -OCH3 is 2. The Hall–Kier alpha value is -3.38. The zero-order valence-corrected chi connectivity index (χ0v) is 18.4. The van der Waals surface area contributed by atoms with Crippen LogP contribution in [-0.4, -0.2) is 43.6 Å². The number of fused-ring (bicyclic) bond motifs is 3. The van der Waals surface area contributed by atoms with Crippen LogP contribution in [0, 0.1) is 0 Å². The fraction of sp³-hybridized carbons (Fsp3) is 0.211. The van der Waals surface area contributed by atoms with E-state index in [0.717, 1.165) is 11.1 Å². The van der Waals surface area contributed by atoms with Crippen LogP contribution < -0.4 is 15.0 Å². The number of hydrogen-bond acceptors (Lipinski definition) is 10. The molecule has 12 heteroatoms. The van der Waals surface area contributed by atoms with E-state index in [9.17, 15) is 4.79 Å². The Morgan fingerprint density at radius 2 is 1.94 bits per heavy atom.